The molecular weight excluding hydrogens is 432 g/mol. The van der Waals surface area contributed by atoms with E-state index in [9.17, 15) is 18.0 Å². The van der Waals surface area contributed by atoms with Crippen molar-refractivity contribution in [1.82, 2.24) is 19.8 Å². The number of benzene rings is 1. The summed E-state index contributed by atoms with van der Waals surface area (Å²) in [6, 6.07) is 8.27. The molecule has 2 heterocycles. The van der Waals surface area contributed by atoms with Gasteiger partial charge in [-0.25, -0.2) is 13.1 Å². The summed E-state index contributed by atoms with van der Waals surface area (Å²) in [7, 11) is -3.80. The molecule has 1 aromatic carbocycles. The van der Waals surface area contributed by atoms with Crippen molar-refractivity contribution in [3.05, 3.63) is 53.5 Å². The third-order valence-corrected chi connectivity index (χ3v) is 7.13. The molecule has 1 aromatic heterocycles. The normalized spacial score (nSPS) is 17.3. The van der Waals surface area contributed by atoms with Gasteiger partial charge in [0, 0.05) is 37.8 Å². The van der Waals surface area contributed by atoms with Crippen LogP contribution in [0.4, 0.5) is 0 Å². The molecule has 10 heteroatoms. The van der Waals surface area contributed by atoms with Crippen LogP contribution in [0.25, 0.3) is 0 Å². The molecule has 1 aliphatic carbocycles. The number of carbonyl (C=O) groups is 2. The largest absolute Gasteiger partial charge is 0.468 e. The van der Waals surface area contributed by atoms with E-state index < -0.39 is 10.0 Å². The Kier molecular flexibility index (Phi) is 6.63. The Bertz CT molecular complexity index is 1070. The Balaban J connectivity index is 1.37. The average Bonchev–Trinajstić information content (AvgIpc) is 3.42. The third kappa shape index (κ3) is 5.56. The van der Waals surface area contributed by atoms with Gasteiger partial charge >= 0.3 is 0 Å². The summed E-state index contributed by atoms with van der Waals surface area (Å²) in [6.07, 6.45) is 3.59. The number of aryl methyl sites for hydroxylation is 1. The first kappa shape index (κ1) is 22.5. The van der Waals surface area contributed by atoms with Crippen LogP contribution in [0, 0.1) is 6.92 Å². The van der Waals surface area contributed by atoms with Crippen molar-refractivity contribution in [2.24, 2.45) is 0 Å². The van der Waals surface area contributed by atoms with Gasteiger partial charge in [0.15, 0.2) is 0 Å². The Hall–Kier alpha value is -2.69. The maximum atomic E-state index is 13.1. The number of rotatable bonds is 8. The minimum Gasteiger partial charge on any atom is -0.468 e. The maximum Gasteiger partial charge on any atom is 0.254 e. The van der Waals surface area contributed by atoms with Crippen LogP contribution in [0.2, 0.25) is 0 Å². The molecule has 1 aliphatic heterocycles. The van der Waals surface area contributed by atoms with Crippen LogP contribution in [0.5, 0.6) is 0 Å². The molecule has 172 valence electrons. The molecule has 0 bridgehead atoms. The number of furan rings is 1. The lowest BCUT2D eigenvalue weighted by atomic mass is 10.1. The second-order valence-corrected chi connectivity index (χ2v) is 10.1. The summed E-state index contributed by atoms with van der Waals surface area (Å²) in [5, 5.41) is 2.98. The van der Waals surface area contributed by atoms with E-state index in [0.717, 1.165) is 12.8 Å². The lowest BCUT2D eigenvalue weighted by Gasteiger charge is -2.34. The molecule has 2 amide bonds. The van der Waals surface area contributed by atoms with Gasteiger partial charge in [0.1, 0.15) is 5.76 Å². The minimum absolute atomic E-state index is 0.0305. The Morgan fingerprint density at radius 1 is 1.12 bits per heavy atom. The number of nitrogens with one attached hydrogen (secondary N) is 2. The first-order chi connectivity index (χ1) is 15.3. The number of piperazine rings is 1. The van der Waals surface area contributed by atoms with Gasteiger partial charge in [0.2, 0.25) is 15.9 Å². The van der Waals surface area contributed by atoms with Crippen LogP contribution in [-0.2, 0) is 21.4 Å². The first-order valence-electron chi connectivity index (χ1n) is 10.8. The molecule has 0 atom stereocenters. The molecule has 0 radical (unpaired) electrons. The van der Waals surface area contributed by atoms with Gasteiger partial charge in [-0.15, -0.1) is 0 Å². The smallest absolute Gasteiger partial charge is 0.254 e. The van der Waals surface area contributed by atoms with Crippen LogP contribution < -0.4 is 10.0 Å². The van der Waals surface area contributed by atoms with E-state index in [2.05, 4.69) is 10.0 Å². The fraction of sp³-hybridized carbons (Fsp3) is 0.455. The standard InChI is InChI=1S/C22H28N4O5S/c1-16-4-7-19(32(29,30)23-14-18-3-2-12-31-18)13-20(16)22(28)26-10-8-25(9-11-26)15-21(27)24-17-5-6-17/h2-4,7,12-13,17,23H,5-6,8-11,14-15H2,1H3,(H,24,27). The van der Waals surface area contributed by atoms with E-state index in [-0.39, 0.29) is 23.3 Å². The molecule has 9 nitrogen and oxygen atoms in total. The number of hydrogen-bond donors (Lipinski definition) is 2. The lowest BCUT2D eigenvalue weighted by Crippen LogP contribution is -2.51. The predicted molar refractivity (Wildman–Crippen MR) is 117 cm³/mol. The Labute approximate surface area is 187 Å². The molecule has 1 saturated carbocycles. The van der Waals surface area contributed by atoms with Crippen LogP contribution in [0.1, 0.15) is 34.5 Å². The number of carbonyl (C=O) groups excluding carboxylic acids is 2. The zero-order valence-electron chi connectivity index (χ0n) is 18.0. The van der Waals surface area contributed by atoms with Gasteiger partial charge in [-0.05, 0) is 49.6 Å². The molecular formula is C22H28N4O5S. The Morgan fingerprint density at radius 2 is 1.88 bits per heavy atom. The molecule has 0 unspecified atom stereocenters. The summed E-state index contributed by atoms with van der Waals surface area (Å²) >= 11 is 0. The van der Waals surface area contributed by atoms with Crippen molar-refractivity contribution < 1.29 is 22.4 Å². The highest BCUT2D eigenvalue weighted by molar-refractivity contribution is 7.89. The van der Waals surface area contributed by atoms with E-state index >= 15 is 0 Å². The summed E-state index contributed by atoms with van der Waals surface area (Å²) in [5.41, 5.74) is 1.08. The summed E-state index contributed by atoms with van der Waals surface area (Å²) < 4.78 is 33.0. The molecule has 0 spiro atoms. The van der Waals surface area contributed by atoms with E-state index in [0.29, 0.717) is 55.7 Å². The highest BCUT2D eigenvalue weighted by atomic mass is 32.2. The van der Waals surface area contributed by atoms with Gasteiger partial charge in [0.25, 0.3) is 5.91 Å². The van der Waals surface area contributed by atoms with Crippen LogP contribution in [-0.4, -0.2) is 68.8 Å². The second-order valence-electron chi connectivity index (χ2n) is 8.29. The second kappa shape index (κ2) is 9.43. The van der Waals surface area contributed by atoms with E-state index in [1.54, 1.807) is 30.0 Å². The monoisotopic (exact) mass is 460 g/mol. The van der Waals surface area contributed by atoms with Crippen molar-refractivity contribution in [2.45, 2.75) is 37.2 Å². The molecule has 2 aliphatic rings. The molecule has 4 rings (SSSR count). The van der Waals surface area contributed by atoms with Crippen molar-refractivity contribution in [2.75, 3.05) is 32.7 Å². The predicted octanol–water partition coefficient (Wildman–Crippen LogP) is 1.10. The van der Waals surface area contributed by atoms with Crippen molar-refractivity contribution in [3.63, 3.8) is 0 Å². The number of sulfonamides is 1. The maximum absolute atomic E-state index is 13.1. The van der Waals surface area contributed by atoms with E-state index in [1.165, 1.54) is 18.4 Å². The molecule has 2 aromatic rings. The quantitative estimate of drug-likeness (QED) is 0.610. The first-order valence-corrected chi connectivity index (χ1v) is 12.2. The third-order valence-electron chi connectivity index (χ3n) is 5.74. The highest BCUT2D eigenvalue weighted by Gasteiger charge is 2.27. The number of amides is 2. The zero-order valence-corrected chi connectivity index (χ0v) is 18.9. The van der Waals surface area contributed by atoms with E-state index in [4.69, 9.17) is 4.42 Å². The van der Waals surface area contributed by atoms with Gasteiger partial charge in [-0.3, -0.25) is 14.5 Å². The van der Waals surface area contributed by atoms with E-state index in [1.807, 2.05) is 4.90 Å². The summed E-state index contributed by atoms with van der Waals surface area (Å²) in [4.78, 5) is 28.9. The molecule has 32 heavy (non-hydrogen) atoms. The SMILES string of the molecule is Cc1ccc(S(=O)(=O)NCc2ccco2)cc1C(=O)N1CCN(CC(=O)NC2CC2)CC1. The molecule has 1 saturated heterocycles. The number of nitrogens with zero attached hydrogens (tertiary/aromatic N) is 2. The lowest BCUT2D eigenvalue weighted by molar-refractivity contribution is -0.122. The van der Waals surface area contributed by atoms with Gasteiger partial charge in [-0.1, -0.05) is 6.07 Å². The summed E-state index contributed by atoms with van der Waals surface area (Å²) in [6.45, 7) is 4.34. The fourth-order valence-electron chi connectivity index (χ4n) is 3.64. The van der Waals surface area contributed by atoms with Gasteiger partial charge in [0.05, 0.1) is 24.2 Å². The van der Waals surface area contributed by atoms with Crippen LogP contribution in [0.15, 0.2) is 45.9 Å². The number of hydrogen-bond acceptors (Lipinski definition) is 6. The molecule has 2 N–H and O–H groups in total. The van der Waals surface area contributed by atoms with Gasteiger partial charge in [-0.2, -0.15) is 0 Å². The van der Waals surface area contributed by atoms with Gasteiger partial charge < -0.3 is 14.6 Å². The van der Waals surface area contributed by atoms with Crippen molar-refractivity contribution in [1.29, 1.82) is 0 Å². The fourth-order valence-corrected chi connectivity index (χ4v) is 4.66. The molecule has 2 fully saturated rings. The average molecular weight is 461 g/mol. The van der Waals surface area contributed by atoms with Crippen LogP contribution in [0.3, 0.4) is 0 Å². The summed E-state index contributed by atoms with van der Waals surface area (Å²) in [5.74, 6) is 0.330. The topological polar surface area (TPSA) is 112 Å². The zero-order chi connectivity index (χ0) is 22.7. The van der Waals surface area contributed by atoms with Crippen molar-refractivity contribution >= 4 is 21.8 Å². The minimum atomic E-state index is -3.80. The Morgan fingerprint density at radius 3 is 2.53 bits per heavy atom. The van der Waals surface area contributed by atoms with Crippen LogP contribution >= 0.6 is 0 Å². The van der Waals surface area contributed by atoms with Crippen molar-refractivity contribution in [3.8, 4) is 0 Å². The highest BCUT2D eigenvalue weighted by Crippen LogP contribution is 2.20.